The predicted molar refractivity (Wildman–Crippen MR) is 333 cm³/mol. The molecule has 6 aromatic carbocycles. The third kappa shape index (κ3) is 17.5. The molecule has 8 N–H and O–H groups in total. The molecule has 0 fully saturated rings. The zero-order valence-electron chi connectivity index (χ0n) is 50.7. The van der Waals surface area contributed by atoms with Gasteiger partial charge in [-0.1, -0.05) is 38.5 Å². The monoisotopic (exact) mass is 1280 g/mol. The van der Waals surface area contributed by atoms with Crippen LogP contribution in [0.5, 0.6) is 0 Å². The third-order valence-corrected chi connectivity index (χ3v) is 15.6. The van der Waals surface area contributed by atoms with Crippen LogP contribution in [0.15, 0.2) is 146 Å². The number of hydrogen-bond donors (Lipinski definition) is 5. The van der Waals surface area contributed by atoms with E-state index in [0.29, 0.717) is 74.3 Å². The molecule has 3 aliphatic rings. The van der Waals surface area contributed by atoms with Gasteiger partial charge in [0.1, 0.15) is 34.9 Å². The zero-order valence-corrected chi connectivity index (χ0v) is 52.7. The van der Waals surface area contributed by atoms with Gasteiger partial charge in [-0.3, -0.25) is 58.7 Å². The molecule has 4 aromatic heterocycles. The summed E-state index contributed by atoms with van der Waals surface area (Å²) in [6.07, 6.45) is 15.2. The van der Waals surface area contributed by atoms with Crippen LogP contribution >= 0.6 is 0 Å². The Hall–Kier alpha value is -9.57. The van der Waals surface area contributed by atoms with Gasteiger partial charge in [-0.25, -0.2) is 38.8 Å². The average molecular weight is 1280 g/mol. The van der Waals surface area contributed by atoms with Crippen molar-refractivity contribution in [3.8, 4) is 22.9 Å². The van der Waals surface area contributed by atoms with E-state index in [-0.39, 0.29) is 85.5 Å². The fourth-order valence-corrected chi connectivity index (χ4v) is 10.8. The number of rotatable bonds is 6. The van der Waals surface area contributed by atoms with Crippen molar-refractivity contribution in [3.63, 3.8) is 0 Å². The van der Waals surface area contributed by atoms with E-state index in [1.54, 1.807) is 51.6 Å². The first kappa shape index (κ1) is 70.9. The van der Waals surface area contributed by atoms with Crippen LogP contribution in [0, 0.1) is 17.5 Å². The first-order valence-electron chi connectivity index (χ1n) is 29.7. The van der Waals surface area contributed by atoms with Crippen molar-refractivity contribution in [3.05, 3.63) is 216 Å². The number of aryl methyl sites for hydroxylation is 3. The van der Waals surface area contributed by atoms with E-state index >= 15 is 0 Å². The molecule has 27 heteroatoms. The molecule has 10 aromatic rings. The molecule has 0 aliphatic carbocycles. The van der Waals surface area contributed by atoms with Crippen molar-refractivity contribution in [2.24, 2.45) is 5.84 Å². The van der Waals surface area contributed by atoms with E-state index in [1.165, 1.54) is 73.2 Å². The SMILES string of the molecule is NNC(=O)c1ccc(F)cc1.O=C(NNC(=O)c1ccc2c(=O)n3c(nc2c1)CCCCCC3)c1ccc(F)cc1.O=C(O)c1ccc2c(=O)n3c(nc2c1)CCCCCC3.O=c1c2ccc(-c3nnc(-c4ccc(F)cc4)o3)cc2nc2n1CCCCCC2.[Na+].[OH-].[OH-]. The van der Waals surface area contributed by atoms with Gasteiger partial charge in [-0.15, -0.1) is 10.2 Å². The fraction of sp³-hybridized carbons (Fsp3) is 0.273. The van der Waals surface area contributed by atoms with E-state index in [9.17, 15) is 46.7 Å². The maximum atomic E-state index is 13.1. The number of carboxylic acids is 1. The van der Waals surface area contributed by atoms with Crippen molar-refractivity contribution in [1.82, 2.24) is 55.1 Å². The molecule has 23 nitrogen and oxygen atoms in total. The number of amides is 3. The summed E-state index contributed by atoms with van der Waals surface area (Å²) in [6.45, 7) is 2.09. The van der Waals surface area contributed by atoms with E-state index in [4.69, 9.17) is 20.4 Å². The number of carbonyl (C=O) groups is 4. The van der Waals surface area contributed by atoms with Gasteiger partial charge in [-0.2, -0.15) is 0 Å². The number of hydrazine groups is 2. The summed E-state index contributed by atoms with van der Waals surface area (Å²) >= 11 is 0. The van der Waals surface area contributed by atoms with Crippen molar-refractivity contribution in [1.29, 1.82) is 0 Å². The Morgan fingerprint density at radius 1 is 0.430 bits per heavy atom. The molecular weight excluding hydrogens is 1220 g/mol. The first-order chi connectivity index (χ1) is 43.6. The van der Waals surface area contributed by atoms with Crippen LogP contribution in [-0.2, 0) is 38.9 Å². The normalized spacial score (nSPS) is 13.3. The number of benzene rings is 6. The molecule has 7 heterocycles. The van der Waals surface area contributed by atoms with Gasteiger partial charge in [0.25, 0.3) is 34.4 Å². The smallest absolute Gasteiger partial charge is 0.870 e. The Bertz CT molecular complexity index is 4490. The second kappa shape index (κ2) is 33.1. The quantitative estimate of drug-likeness (QED) is 0.0521. The van der Waals surface area contributed by atoms with Crippen molar-refractivity contribution in [2.75, 3.05) is 0 Å². The summed E-state index contributed by atoms with van der Waals surface area (Å²) in [7, 11) is 0. The minimum Gasteiger partial charge on any atom is -0.870 e. The maximum Gasteiger partial charge on any atom is 1.00 e. The second-order valence-corrected chi connectivity index (χ2v) is 21.8. The van der Waals surface area contributed by atoms with Crippen LogP contribution in [-0.4, -0.2) is 78.6 Å². The Labute approximate surface area is 551 Å². The largest absolute Gasteiger partial charge is 1.00 e. The molecule has 0 saturated heterocycles. The molecule has 0 atom stereocenters. The van der Waals surface area contributed by atoms with Gasteiger partial charge in [0.15, 0.2) is 0 Å². The van der Waals surface area contributed by atoms with Crippen molar-refractivity contribution < 1.29 is 82.4 Å². The topological polar surface area (TPSA) is 354 Å². The number of aromatic nitrogens is 8. The molecule has 478 valence electrons. The molecule has 0 bridgehead atoms. The number of aromatic carboxylic acids is 1. The molecule has 93 heavy (non-hydrogen) atoms. The summed E-state index contributed by atoms with van der Waals surface area (Å²) in [6, 6.07) is 30.5. The van der Waals surface area contributed by atoms with Crippen LogP contribution in [0.25, 0.3) is 55.6 Å². The number of carbonyl (C=O) groups excluding carboxylic acids is 3. The number of nitrogens with two attached hydrogens (primary N) is 1. The predicted octanol–water partition coefficient (Wildman–Crippen LogP) is 6.39. The van der Waals surface area contributed by atoms with E-state index in [2.05, 4.69) is 31.0 Å². The summed E-state index contributed by atoms with van der Waals surface area (Å²) in [5.74, 6) is 4.18. The number of nitrogens with one attached hydrogen (secondary N) is 3. The average Bonchev–Trinajstić information content (AvgIpc) is 1.49. The van der Waals surface area contributed by atoms with Gasteiger partial charge in [0.05, 0.1) is 38.3 Å². The molecule has 0 unspecified atom stereocenters. The van der Waals surface area contributed by atoms with Gasteiger partial charge in [0.2, 0.25) is 11.8 Å². The minimum absolute atomic E-state index is 0. The Morgan fingerprint density at radius 2 is 0.763 bits per heavy atom. The molecule has 0 saturated carbocycles. The van der Waals surface area contributed by atoms with Crippen molar-refractivity contribution in [2.45, 2.75) is 116 Å². The van der Waals surface area contributed by atoms with Crippen LogP contribution in [0.4, 0.5) is 13.2 Å². The molecular formula is C66H65F3N12NaO11-. The van der Waals surface area contributed by atoms with Gasteiger partial charge in [0, 0.05) is 66.7 Å². The van der Waals surface area contributed by atoms with Gasteiger partial charge < -0.3 is 20.5 Å². The Morgan fingerprint density at radius 3 is 1.19 bits per heavy atom. The molecule has 3 aliphatic heterocycles. The van der Waals surface area contributed by atoms with Crippen LogP contribution in [0.2, 0.25) is 0 Å². The standard InChI is InChI=1S/C22H21FN4O3.C22H19FN4O2.C15H16N2O3.C7H7FN2O.Na.2H2O/c23-16-9-6-14(7-10-16)20(28)25-26-21(29)15-8-11-17-18(13-15)24-19-5-3-1-2-4-12-27(19)22(17)30;23-16-9-6-14(7-10-16)20-25-26-21(29-20)15-8-11-17-18(13-15)24-19-5-3-1-2-4-12-27(19)22(17)28;18-14-11-7-6-10(15(19)20)9-12(11)16-13-5-3-1-2-4-8-17(13)14;8-6-3-1-5(2-4-6)7(11)10-9;;;/h6-11,13H,1-5,12H2,(H,25,28)(H,26,29);6-11,13H,1-5,12H2;6-7,9H,1-5,8H2,(H,19,20);1-4H,9H2,(H,10,11);;2*1H2/q;;;;+1;;/p-2. The van der Waals surface area contributed by atoms with Crippen molar-refractivity contribution >= 4 is 56.4 Å². The summed E-state index contributed by atoms with van der Waals surface area (Å²) in [5.41, 5.74) is 10.3. The Balaban J connectivity index is 0.000000183. The third-order valence-electron chi connectivity index (χ3n) is 15.6. The van der Waals surface area contributed by atoms with Crippen LogP contribution < -0.4 is 68.4 Å². The molecule has 0 spiro atoms. The molecule has 13 rings (SSSR count). The van der Waals surface area contributed by atoms with Gasteiger partial charge in [-0.05, 0) is 166 Å². The van der Waals surface area contributed by atoms with E-state index in [1.807, 2.05) is 16.1 Å². The second-order valence-electron chi connectivity index (χ2n) is 21.8. The maximum absolute atomic E-state index is 13.1. The summed E-state index contributed by atoms with van der Waals surface area (Å²) in [5, 5.41) is 18.7. The Kier molecular flexibility index (Phi) is 25.3. The number of nitrogen functional groups attached to an aromatic ring is 1. The first-order valence-corrected chi connectivity index (χ1v) is 29.7. The zero-order chi connectivity index (χ0) is 63.3. The minimum atomic E-state index is -0.999. The van der Waals surface area contributed by atoms with E-state index < -0.39 is 29.5 Å². The molecule has 0 radical (unpaired) electrons. The van der Waals surface area contributed by atoms with Crippen LogP contribution in [0.1, 0.15) is 136 Å². The van der Waals surface area contributed by atoms with Crippen LogP contribution in [0.3, 0.4) is 0 Å². The molecule has 3 amide bonds. The summed E-state index contributed by atoms with van der Waals surface area (Å²) in [4.78, 5) is 98.5. The fourth-order valence-electron chi connectivity index (χ4n) is 10.8. The number of carboxylic acid groups (broad SMARTS) is 1. The number of nitrogens with zero attached hydrogens (tertiary/aromatic N) is 8. The number of fused-ring (bicyclic) bond motifs is 6. The van der Waals surface area contributed by atoms with Gasteiger partial charge >= 0.3 is 35.5 Å². The van der Waals surface area contributed by atoms with E-state index in [0.717, 1.165) is 126 Å². The summed E-state index contributed by atoms with van der Waals surface area (Å²) < 4.78 is 49.5. The number of hydrogen-bond acceptors (Lipinski definition) is 16. The number of halogens is 3.